The third-order valence-electron chi connectivity index (χ3n) is 3.23. The Labute approximate surface area is 114 Å². The number of piperidine rings is 1. The standard InChI is InChI=1S/C12H18F3N3S/c1-9-3-2-5-18(8-9)6-4-16-11-17-7-10(19-11)12(13,14)15/h7,9H,2-6,8H2,1H3,(H,16,17). The summed E-state index contributed by atoms with van der Waals surface area (Å²) in [7, 11) is 0. The third-order valence-corrected chi connectivity index (χ3v) is 4.23. The van der Waals surface area contributed by atoms with E-state index in [-0.39, 0.29) is 0 Å². The fraction of sp³-hybridized carbons (Fsp3) is 0.750. The highest BCUT2D eigenvalue weighted by Crippen LogP contribution is 2.34. The van der Waals surface area contributed by atoms with E-state index in [1.165, 1.54) is 12.8 Å². The van der Waals surface area contributed by atoms with Crippen LogP contribution in [0.1, 0.15) is 24.6 Å². The Balaban J connectivity index is 1.75. The Bertz CT molecular complexity index is 405. The molecule has 1 N–H and O–H groups in total. The summed E-state index contributed by atoms with van der Waals surface area (Å²) in [5, 5.41) is 3.31. The number of aromatic nitrogens is 1. The Hall–Kier alpha value is -0.820. The predicted molar refractivity (Wildman–Crippen MR) is 70.4 cm³/mol. The van der Waals surface area contributed by atoms with E-state index in [9.17, 15) is 13.2 Å². The summed E-state index contributed by atoms with van der Waals surface area (Å²) in [5.41, 5.74) is 0. The van der Waals surface area contributed by atoms with Crippen LogP contribution in [0.25, 0.3) is 0 Å². The molecule has 1 atom stereocenters. The van der Waals surface area contributed by atoms with Gasteiger partial charge in [-0.2, -0.15) is 13.2 Å². The molecule has 1 aromatic rings. The molecule has 2 heterocycles. The molecule has 19 heavy (non-hydrogen) atoms. The van der Waals surface area contributed by atoms with E-state index >= 15 is 0 Å². The van der Waals surface area contributed by atoms with Crippen molar-refractivity contribution in [2.75, 3.05) is 31.5 Å². The minimum absolute atomic E-state index is 0.345. The largest absolute Gasteiger partial charge is 0.427 e. The van der Waals surface area contributed by atoms with Crippen molar-refractivity contribution in [3.63, 3.8) is 0 Å². The lowest BCUT2D eigenvalue weighted by Crippen LogP contribution is -2.37. The second-order valence-corrected chi connectivity index (χ2v) is 6.03. The molecule has 3 nitrogen and oxygen atoms in total. The topological polar surface area (TPSA) is 28.2 Å². The van der Waals surface area contributed by atoms with Gasteiger partial charge < -0.3 is 10.2 Å². The van der Waals surface area contributed by atoms with Gasteiger partial charge in [-0.05, 0) is 25.3 Å². The van der Waals surface area contributed by atoms with Crippen molar-refractivity contribution in [2.24, 2.45) is 5.92 Å². The van der Waals surface area contributed by atoms with Gasteiger partial charge in [0.25, 0.3) is 0 Å². The van der Waals surface area contributed by atoms with Gasteiger partial charge in [-0.3, -0.25) is 0 Å². The van der Waals surface area contributed by atoms with E-state index in [4.69, 9.17) is 0 Å². The maximum Gasteiger partial charge on any atom is 0.427 e. The number of nitrogens with one attached hydrogen (secondary N) is 1. The molecular formula is C12H18F3N3S. The number of likely N-dealkylation sites (tertiary alicyclic amines) is 1. The van der Waals surface area contributed by atoms with Crippen LogP contribution in [0.2, 0.25) is 0 Å². The summed E-state index contributed by atoms with van der Waals surface area (Å²) in [5.74, 6) is 0.713. The van der Waals surface area contributed by atoms with E-state index in [1.807, 2.05) is 0 Å². The first-order valence-corrected chi connectivity index (χ1v) is 7.26. The lowest BCUT2D eigenvalue weighted by Gasteiger charge is -2.30. The van der Waals surface area contributed by atoms with E-state index in [2.05, 4.69) is 22.1 Å². The molecule has 0 bridgehead atoms. The van der Waals surface area contributed by atoms with Crippen molar-refractivity contribution in [1.29, 1.82) is 0 Å². The fourth-order valence-corrected chi connectivity index (χ4v) is 3.01. The van der Waals surface area contributed by atoms with E-state index in [0.717, 1.165) is 25.8 Å². The zero-order valence-corrected chi connectivity index (χ0v) is 11.7. The molecule has 1 unspecified atom stereocenters. The highest BCUT2D eigenvalue weighted by molar-refractivity contribution is 7.15. The number of hydrogen-bond acceptors (Lipinski definition) is 4. The monoisotopic (exact) mass is 293 g/mol. The van der Waals surface area contributed by atoms with Crippen LogP contribution < -0.4 is 5.32 Å². The van der Waals surface area contributed by atoms with Crippen LogP contribution >= 0.6 is 11.3 Å². The number of hydrogen-bond donors (Lipinski definition) is 1. The Morgan fingerprint density at radius 3 is 2.95 bits per heavy atom. The first-order chi connectivity index (χ1) is 8.95. The summed E-state index contributed by atoms with van der Waals surface area (Å²) >= 11 is 0.661. The van der Waals surface area contributed by atoms with Gasteiger partial charge in [0.05, 0.1) is 6.20 Å². The number of rotatable bonds is 4. The van der Waals surface area contributed by atoms with E-state index < -0.39 is 11.1 Å². The maximum atomic E-state index is 12.4. The summed E-state index contributed by atoms with van der Waals surface area (Å²) < 4.78 is 37.2. The number of alkyl halides is 3. The van der Waals surface area contributed by atoms with Gasteiger partial charge in [0, 0.05) is 19.6 Å². The van der Waals surface area contributed by atoms with Crippen LogP contribution in [0.3, 0.4) is 0 Å². The normalized spacial score (nSPS) is 21.6. The van der Waals surface area contributed by atoms with Crippen LogP contribution in [0.4, 0.5) is 18.3 Å². The molecule has 0 amide bonds. The molecule has 0 aliphatic carbocycles. The molecule has 1 aliphatic heterocycles. The highest BCUT2D eigenvalue weighted by Gasteiger charge is 2.33. The molecule has 0 radical (unpaired) electrons. The quantitative estimate of drug-likeness (QED) is 0.923. The number of anilines is 1. The predicted octanol–water partition coefficient (Wildman–Crippen LogP) is 3.31. The molecule has 0 aromatic carbocycles. The molecule has 2 rings (SSSR count). The molecule has 108 valence electrons. The molecule has 1 saturated heterocycles. The summed E-state index contributed by atoms with van der Waals surface area (Å²) in [6, 6.07) is 0. The maximum absolute atomic E-state index is 12.4. The highest BCUT2D eigenvalue weighted by atomic mass is 32.1. The van der Waals surface area contributed by atoms with Crippen molar-refractivity contribution in [2.45, 2.75) is 25.9 Å². The smallest absolute Gasteiger partial charge is 0.360 e. The van der Waals surface area contributed by atoms with Crippen LogP contribution in [-0.4, -0.2) is 36.1 Å². The zero-order chi connectivity index (χ0) is 13.9. The first kappa shape index (κ1) is 14.6. The van der Waals surface area contributed by atoms with Crippen molar-refractivity contribution in [3.05, 3.63) is 11.1 Å². The van der Waals surface area contributed by atoms with Crippen LogP contribution in [0, 0.1) is 5.92 Å². The van der Waals surface area contributed by atoms with Crippen LogP contribution in [0.5, 0.6) is 0 Å². The van der Waals surface area contributed by atoms with Gasteiger partial charge in [0.15, 0.2) is 5.13 Å². The number of halogens is 3. The van der Waals surface area contributed by atoms with E-state index in [1.54, 1.807) is 0 Å². The van der Waals surface area contributed by atoms with Crippen molar-refractivity contribution in [3.8, 4) is 0 Å². The second kappa shape index (κ2) is 6.09. The third kappa shape index (κ3) is 4.35. The van der Waals surface area contributed by atoms with E-state index in [0.29, 0.717) is 28.9 Å². The van der Waals surface area contributed by atoms with Gasteiger partial charge in [-0.1, -0.05) is 18.3 Å². The van der Waals surface area contributed by atoms with Gasteiger partial charge >= 0.3 is 6.18 Å². The number of nitrogens with zero attached hydrogens (tertiary/aromatic N) is 2. The summed E-state index contributed by atoms with van der Waals surface area (Å²) in [6.45, 7) is 5.88. The molecule has 0 spiro atoms. The van der Waals surface area contributed by atoms with Gasteiger partial charge in [0.1, 0.15) is 4.88 Å². The molecule has 1 fully saturated rings. The lowest BCUT2D eigenvalue weighted by molar-refractivity contribution is -0.134. The average Bonchev–Trinajstić information content (AvgIpc) is 2.77. The molecule has 1 aliphatic rings. The SMILES string of the molecule is CC1CCCN(CCNc2ncc(C(F)(F)F)s2)C1. The van der Waals surface area contributed by atoms with Gasteiger partial charge in [0.2, 0.25) is 0 Å². The average molecular weight is 293 g/mol. The van der Waals surface area contributed by atoms with Crippen LogP contribution in [0.15, 0.2) is 6.20 Å². The minimum atomic E-state index is -4.29. The fourth-order valence-electron chi connectivity index (χ4n) is 2.30. The van der Waals surface area contributed by atoms with Gasteiger partial charge in [-0.15, -0.1) is 0 Å². The van der Waals surface area contributed by atoms with Gasteiger partial charge in [-0.25, -0.2) is 4.98 Å². The lowest BCUT2D eigenvalue weighted by atomic mass is 10.0. The van der Waals surface area contributed by atoms with Crippen LogP contribution in [-0.2, 0) is 6.18 Å². The Morgan fingerprint density at radius 1 is 1.53 bits per heavy atom. The number of thiazole rings is 1. The van der Waals surface area contributed by atoms with Crippen molar-refractivity contribution < 1.29 is 13.2 Å². The first-order valence-electron chi connectivity index (χ1n) is 6.44. The van der Waals surface area contributed by atoms with Crippen molar-refractivity contribution in [1.82, 2.24) is 9.88 Å². The summed E-state index contributed by atoms with van der Waals surface area (Å²) in [6.07, 6.45) is -0.933. The summed E-state index contributed by atoms with van der Waals surface area (Å²) in [4.78, 5) is 5.44. The minimum Gasteiger partial charge on any atom is -0.360 e. The Morgan fingerprint density at radius 2 is 2.32 bits per heavy atom. The molecular weight excluding hydrogens is 275 g/mol. The Kier molecular flexibility index (Phi) is 4.67. The molecule has 7 heteroatoms. The second-order valence-electron chi connectivity index (χ2n) is 5.00. The molecule has 0 saturated carbocycles. The van der Waals surface area contributed by atoms with Crippen molar-refractivity contribution >= 4 is 16.5 Å². The molecule has 1 aromatic heterocycles. The zero-order valence-electron chi connectivity index (χ0n) is 10.8.